The van der Waals surface area contributed by atoms with E-state index in [1.807, 2.05) is 41.0 Å². The molecule has 2 aromatic heterocycles. The molecule has 6 nitrogen and oxygen atoms in total. The van der Waals surface area contributed by atoms with E-state index in [-0.39, 0.29) is 5.91 Å². The van der Waals surface area contributed by atoms with Crippen LogP contribution in [0, 0.1) is 0 Å². The summed E-state index contributed by atoms with van der Waals surface area (Å²) in [6, 6.07) is 10.8. The zero-order chi connectivity index (χ0) is 21.4. The summed E-state index contributed by atoms with van der Waals surface area (Å²) >= 11 is 0. The predicted octanol–water partition coefficient (Wildman–Crippen LogP) is 3.63. The van der Waals surface area contributed by atoms with Crippen molar-refractivity contribution < 1.29 is 4.79 Å². The SMILES string of the molecule is C=C(C)Cn1ccc(C(=O)N2CCc3nc(NC4Cc5ccccc5C4)ncc3C2)c1. The van der Waals surface area contributed by atoms with Crippen LogP contribution >= 0.6 is 0 Å². The fourth-order valence-electron chi connectivity index (χ4n) is 4.56. The van der Waals surface area contributed by atoms with E-state index in [4.69, 9.17) is 4.98 Å². The van der Waals surface area contributed by atoms with Crippen LogP contribution in [-0.2, 0) is 32.4 Å². The minimum Gasteiger partial charge on any atom is -0.351 e. The fourth-order valence-corrected chi connectivity index (χ4v) is 4.56. The third kappa shape index (κ3) is 4.10. The maximum Gasteiger partial charge on any atom is 0.255 e. The summed E-state index contributed by atoms with van der Waals surface area (Å²) < 4.78 is 2.00. The molecule has 3 aromatic rings. The number of hydrogen-bond donors (Lipinski definition) is 1. The predicted molar refractivity (Wildman–Crippen MR) is 121 cm³/mol. The molecule has 0 radical (unpaired) electrons. The number of nitrogens with one attached hydrogen (secondary N) is 1. The zero-order valence-electron chi connectivity index (χ0n) is 17.8. The standard InChI is InChI=1S/C25H27N5O/c1-17(2)14-29-9-7-20(15-29)24(31)30-10-8-23-21(16-30)13-26-25(28-23)27-22-11-18-5-3-4-6-19(18)12-22/h3-7,9,13,15,22H,1,8,10-12,14,16H2,2H3,(H,26,27,28). The van der Waals surface area contributed by atoms with Gasteiger partial charge in [-0.25, -0.2) is 9.97 Å². The van der Waals surface area contributed by atoms with Crippen molar-refractivity contribution in [1.82, 2.24) is 19.4 Å². The van der Waals surface area contributed by atoms with Crippen LogP contribution in [0.2, 0.25) is 0 Å². The van der Waals surface area contributed by atoms with Gasteiger partial charge in [0.2, 0.25) is 5.95 Å². The second-order valence-corrected chi connectivity index (χ2v) is 8.69. The lowest BCUT2D eigenvalue weighted by atomic mass is 10.1. The molecular weight excluding hydrogens is 386 g/mol. The largest absolute Gasteiger partial charge is 0.351 e. The number of anilines is 1. The Hall–Kier alpha value is -3.41. The first kappa shape index (κ1) is 19.5. The van der Waals surface area contributed by atoms with Crippen molar-refractivity contribution in [3.63, 3.8) is 0 Å². The van der Waals surface area contributed by atoms with E-state index in [0.29, 0.717) is 30.6 Å². The second-order valence-electron chi connectivity index (χ2n) is 8.69. The molecule has 0 bridgehead atoms. The Labute approximate surface area is 182 Å². The molecule has 2 aliphatic rings. The lowest BCUT2D eigenvalue weighted by Crippen LogP contribution is -2.36. The molecule has 158 valence electrons. The molecule has 0 atom stereocenters. The Balaban J connectivity index is 1.24. The van der Waals surface area contributed by atoms with Gasteiger partial charge in [0.25, 0.3) is 5.91 Å². The van der Waals surface area contributed by atoms with Gasteiger partial charge in [-0.05, 0) is 37.0 Å². The molecule has 31 heavy (non-hydrogen) atoms. The van der Waals surface area contributed by atoms with Crippen LogP contribution in [0.15, 0.2) is 61.1 Å². The van der Waals surface area contributed by atoms with E-state index < -0.39 is 0 Å². The lowest BCUT2D eigenvalue weighted by Gasteiger charge is -2.28. The monoisotopic (exact) mass is 413 g/mol. The third-order valence-electron chi connectivity index (χ3n) is 6.06. The van der Waals surface area contributed by atoms with Gasteiger partial charge in [-0.3, -0.25) is 4.79 Å². The number of fused-ring (bicyclic) bond motifs is 2. The van der Waals surface area contributed by atoms with E-state index in [2.05, 4.69) is 41.1 Å². The molecule has 1 amide bonds. The molecular formula is C25H27N5O. The van der Waals surface area contributed by atoms with Crippen LogP contribution in [0.3, 0.4) is 0 Å². The number of aromatic nitrogens is 3. The Morgan fingerprint density at radius 2 is 1.97 bits per heavy atom. The highest BCUT2D eigenvalue weighted by Crippen LogP contribution is 2.25. The van der Waals surface area contributed by atoms with Gasteiger partial charge in [-0.2, -0.15) is 0 Å². The van der Waals surface area contributed by atoms with Crippen molar-refractivity contribution in [2.24, 2.45) is 0 Å². The van der Waals surface area contributed by atoms with Gasteiger partial charge in [0.05, 0.1) is 11.3 Å². The number of carbonyl (C=O) groups excluding carboxylic acids is 1. The molecule has 1 aromatic carbocycles. The van der Waals surface area contributed by atoms with Crippen LogP contribution < -0.4 is 5.32 Å². The first-order valence-corrected chi connectivity index (χ1v) is 10.8. The second kappa shape index (κ2) is 8.02. The van der Waals surface area contributed by atoms with Crippen molar-refractivity contribution in [1.29, 1.82) is 0 Å². The van der Waals surface area contributed by atoms with Crippen molar-refractivity contribution >= 4 is 11.9 Å². The van der Waals surface area contributed by atoms with Crippen LogP contribution in [-0.4, -0.2) is 37.9 Å². The molecule has 1 aliphatic heterocycles. The Kier molecular flexibility index (Phi) is 5.06. The summed E-state index contributed by atoms with van der Waals surface area (Å²) in [6.07, 6.45) is 8.46. The van der Waals surface area contributed by atoms with Gasteiger partial charge >= 0.3 is 0 Å². The van der Waals surface area contributed by atoms with E-state index in [1.165, 1.54) is 11.1 Å². The highest BCUT2D eigenvalue weighted by atomic mass is 16.2. The van der Waals surface area contributed by atoms with E-state index in [9.17, 15) is 4.79 Å². The third-order valence-corrected chi connectivity index (χ3v) is 6.06. The fraction of sp³-hybridized carbons (Fsp3) is 0.320. The van der Waals surface area contributed by atoms with Gasteiger partial charge < -0.3 is 14.8 Å². The van der Waals surface area contributed by atoms with Gasteiger partial charge in [0.15, 0.2) is 0 Å². The molecule has 0 unspecified atom stereocenters. The van der Waals surface area contributed by atoms with Crippen LogP contribution in [0.5, 0.6) is 0 Å². The summed E-state index contributed by atoms with van der Waals surface area (Å²) in [7, 11) is 0. The summed E-state index contributed by atoms with van der Waals surface area (Å²) in [4.78, 5) is 24.1. The van der Waals surface area contributed by atoms with Crippen LogP contribution in [0.1, 0.15) is 39.7 Å². The Morgan fingerprint density at radius 1 is 1.19 bits per heavy atom. The molecule has 6 heteroatoms. The van der Waals surface area contributed by atoms with Crippen molar-refractivity contribution in [2.45, 2.75) is 45.3 Å². The molecule has 1 aliphatic carbocycles. The maximum absolute atomic E-state index is 13.0. The average molecular weight is 414 g/mol. The molecule has 5 rings (SSSR count). The number of carbonyl (C=O) groups is 1. The van der Waals surface area contributed by atoms with Crippen molar-refractivity contribution in [3.8, 4) is 0 Å². The zero-order valence-corrected chi connectivity index (χ0v) is 17.8. The number of hydrogen-bond acceptors (Lipinski definition) is 4. The molecule has 0 spiro atoms. The van der Waals surface area contributed by atoms with Crippen LogP contribution in [0.25, 0.3) is 0 Å². The molecule has 3 heterocycles. The topological polar surface area (TPSA) is 63.1 Å². The van der Waals surface area contributed by atoms with Crippen molar-refractivity contribution in [3.05, 3.63) is 89.0 Å². The van der Waals surface area contributed by atoms with Crippen molar-refractivity contribution in [2.75, 3.05) is 11.9 Å². The normalized spacial score (nSPS) is 15.5. The summed E-state index contributed by atoms with van der Waals surface area (Å²) in [5.41, 5.74) is 6.65. The minimum atomic E-state index is 0.0528. The number of rotatable bonds is 5. The minimum absolute atomic E-state index is 0.0528. The maximum atomic E-state index is 13.0. The number of benzene rings is 1. The highest BCUT2D eigenvalue weighted by Gasteiger charge is 2.25. The Morgan fingerprint density at radius 3 is 2.71 bits per heavy atom. The summed E-state index contributed by atoms with van der Waals surface area (Å²) in [5.74, 6) is 0.741. The molecule has 0 saturated carbocycles. The summed E-state index contributed by atoms with van der Waals surface area (Å²) in [5, 5.41) is 3.50. The molecule has 0 fully saturated rings. The first-order valence-electron chi connectivity index (χ1n) is 10.8. The average Bonchev–Trinajstić information content (AvgIpc) is 3.38. The molecule has 0 saturated heterocycles. The van der Waals surface area contributed by atoms with E-state index in [0.717, 1.165) is 42.6 Å². The van der Waals surface area contributed by atoms with Gasteiger partial charge in [0, 0.05) is 56.3 Å². The Bertz CT molecular complexity index is 1120. The quantitative estimate of drug-likeness (QED) is 0.649. The number of allylic oxidation sites excluding steroid dienone is 1. The van der Waals surface area contributed by atoms with Crippen LogP contribution in [0.4, 0.5) is 5.95 Å². The number of amides is 1. The van der Waals surface area contributed by atoms with Gasteiger partial charge in [0.1, 0.15) is 0 Å². The van der Waals surface area contributed by atoms with Gasteiger partial charge in [-0.1, -0.05) is 36.4 Å². The number of nitrogens with zero attached hydrogens (tertiary/aromatic N) is 4. The van der Waals surface area contributed by atoms with E-state index >= 15 is 0 Å². The van der Waals surface area contributed by atoms with Gasteiger partial charge in [-0.15, -0.1) is 0 Å². The first-order chi connectivity index (χ1) is 15.0. The smallest absolute Gasteiger partial charge is 0.255 e. The highest BCUT2D eigenvalue weighted by molar-refractivity contribution is 5.94. The lowest BCUT2D eigenvalue weighted by molar-refractivity contribution is 0.0733. The molecule has 1 N–H and O–H groups in total. The van der Waals surface area contributed by atoms with E-state index in [1.54, 1.807) is 0 Å². The summed E-state index contributed by atoms with van der Waals surface area (Å²) in [6.45, 7) is 7.87.